The van der Waals surface area contributed by atoms with E-state index in [4.69, 9.17) is 0 Å². The number of aliphatic hydroxyl groups is 1. The summed E-state index contributed by atoms with van der Waals surface area (Å²) in [7, 11) is 0. The molecule has 0 aliphatic heterocycles. The molecule has 0 bridgehead atoms. The fourth-order valence-electron chi connectivity index (χ4n) is 3.30. The van der Waals surface area contributed by atoms with E-state index in [0.717, 1.165) is 30.7 Å². The molecule has 1 amide bonds. The number of pyridine rings is 1. The second-order valence-corrected chi connectivity index (χ2v) is 6.08. The molecule has 1 fully saturated rings. The lowest BCUT2D eigenvalue weighted by atomic mass is 9.87. The smallest absolute Gasteiger partial charge is 0.224 e. The van der Waals surface area contributed by atoms with Crippen LogP contribution in [0.25, 0.3) is 0 Å². The van der Waals surface area contributed by atoms with E-state index < -0.39 is 6.10 Å². The van der Waals surface area contributed by atoms with Gasteiger partial charge in [-0.1, -0.05) is 6.07 Å². The van der Waals surface area contributed by atoms with Gasteiger partial charge in [0.05, 0.1) is 24.6 Å². The van der Waals surface area contributed by atoms with E-state index in [1.807, 2.05) is 29.8 Å². The predicted molar refractivity (Wildman–Crippen MR) is 85.7 cm³/mol. The highest BCUT2D eigenvalue weighted by molar-refractivity contribution is 5.78. The molecule has 2 heterocycles. The number of aliphatic hydroxyl groups excluding tert-OH is 1. The SMILES string of the molecule is Cc1nccn1[C@@H]1CCC[C@@H](NC(=O)Cc2cccnc2)[C@H]1O. The Morgan fingerprint density at radius 3 is 3.00 bits per heavy atom. The molecule has 23 heavy (non-hydrogen) atoms. The molecule has 6 nitrogen and oxygen atoms in total. The molecule has 0 radical (unpaired) electrons. The Bertz CT molecular complexity index is 656. The van der Waals surface area contributed by atoms with Crippen molar-refractivity contribution in [2.45, 2.75) is 50.8 Å². The third-order valence-corrected chi connectivity index (χ3v) is 4.47. The lowest BCUT2D eigenvalue weighted by Crippen LogP contribution is -2.49. The van der Waals surface area contributed by atoms with E-state index in [1.54, 1.807) is 18.6 Å². The Morgan fingerprint density at radius 2 is 2.30 bits per heavy atom. The number of hydrogen-bond acceptors (Lipinski definition) is 4. The minimum Gasteiger partial charge on any atom is -0.389 e. The summed E-state index contributed by atoms with van der Waals surface area (Å²) in [5, 5.41) is 13.6. The van der Waals surface area contributed by atoms with Crippen molar-refractivity contribution in [2.24, 2.45) is 0 Å². The Morgan fingerprint density at radius 1 is 1.43 bits per heavy atom. The van der Waals surface area contributed by atoms with E-state index >= 15 is 0 Å². The monoisotopic (exact) mass is 314 g/mol. The molecule has 2 aromatic heterocycles. The summed E-state index contributed by atoms with van der Waals surface area (Å²) in [6.45, 7) is 1.93. The number of carbonyl (C=O) groups excluding carboxylic acids is 1. The zero-order valence-electron chi connectivity index (χ0n) is 13.2. The third kappa shape index (κ3) is 3.59. The van der Waals surface area contributed by atoms with Gasteiger partial charge < -0.3 is 15.0 Å². The van der Waals surface area contributed by atoms with Gasteiger partial charge in [0.1, 0.15) is 5.82 Å². The van der Waals surface area contributed by atoms with Crippen molar-refractivity contribution in [3.05, 3.63) is 48.3 Å². The van der Waals surface area contributed by atoms with E-state index in [-0.39, 0.29) is 24.4 Å². The highest BCUT2D eigenvalue weighted by Gasteiger charge is 2.34. The molecular formula is C17H22N4O2. The van der Waals surface area contributed by atoms with Gasteiger partial charge in [-0.25, -0.2) is 4.98 Å². The van der Waals surface area contributed by atoms with Crippen LogP contribution in [-0.2, 0) is 11.2 Å². The van der Waals surface area contributed by atoms with E-state index in [2.05, 4.69) is 15.3 Å². The van der Waals surface area contributed by atoms with Gasteiger partial charge in [0.25, 0.3) is 0 Å². The summed E-state index contributed by atoms with van der Waals surface area (Å²) in [4.78, 5) is 20.5. The zero-order valence-corrected chi connectivity index (χ0v) is 13.2. The average Bonchev–Trinajstić information content (AvgIpc) is 2.96. The fraction of sp³-hybridized carbons (Fsp3) is 0.471. The summed E-state index contributed by atoms with van der Waals surface area (Å²) in [6, 6.07) is 3.44. The minimum atomic E-state index is -0.602. The first kappa shape index (κ1) is 15.7. The maximum atomic E-state index is 12.2. The molecular weight excluding hydrogens is 292 g/mol. The number of hydrogen-bond donors (Lipinski definition) is 2. The normalized spacial score (nSPS) is 24.3. The van der Waals surface area contributed by atoms with Crippen molar-refractivity contribution in [2.75, 3.05) is 0 Å². The van der Waals surface area contributed by atoms with Gasteiger partial charge in [-0.3, -0.25) is 9.78 Å². The molecule has 0 spiro atoms. The van der Waals surface area contributed by atoms with Crippen molar-refractivity contribution < 1.29 is 9.90 Å². The van der Waals surface area contributed by atoms with Crippen LogP contribution in [0.15, 0.2) is 36.9 Å². The van der Waals surface area contributed by atoms with Crippen molar-refractivity contribution in [3.8, 4) is 0 Å². The van der Waals surface area contributed by atoms with Gasteiger partial charge in [-0.2, -0.15) is 0 Å². The van der Waals surface area contributed by atoms with Crippen LogP contribution >= 0.6 is 0 Å². The molecule has 1 saturated carbocycles. The standard InChI is InChI=1S/C17H22N4O2/c1-12-19-8-9-21(12)15-6-2-5-14(17(15)23)20-16(22)10-13-4-3-7-18-11-13/h3-4,7-9,11,14-15,17,23H,2,5-6,10H2,1H3,(H,20,22)/t14-,15-,17-/m1/s1. The molecule has 1 aliphatic carbocycles. The number of aryl methyl sites for hydroxylation is 1. The van der Waals surface area contributed by atoms with Crippen LogP contribution in [0.3, 0.4) is 0 Å². The molecule has 3 atom stereocenters. The largest absolute Gasteiger partial charge is 0.389 e. The van der Waals surface area contributed by atoms with Gasteiger partial charge in [0, 0.05) is 24.8 Å². The quantitative estimate of drug-likeness (QED) is 0.894. The maximum absolute atomic E-state index is 12.2. The number of aromatic nitrogens is 3. The lowest BCUT2D eigenvalue weighted by molar-refractivity contribution is -0.122. The van der Waals surface area contributed by atoms with Crippen LogP contribution < -0.4 is 5.32 Å². The summed E-state index contributed by atoms with van der Waals surface area (Å²) in [5.41, 5.74) is 0.873. The van der Waals surface area contributed by atoms with Gasteiger partial charge in [-0.05, 0) is 37.8 Å². The lowest BCUT2D eigenvalue weighted by Gasteiger charge is -2.36. The first-order valence-corrected chi connectivity index (χ1v) is 8.01. The van der Waals surface area contributed by atoms with Crippen molar-refractivity contribution in [1.82, 2.24) is 19.9 Å². The Labute approximate surface area is 135 Å². The van der Waals surface area contributed by atoms with Crippen LogP contribution in [0.1, 0.15) is 36.7 Å². The maximum Gasteiger partial charge on any atom is 0.224 e. The number of nitrogens with one attached hydrogen (secondary N) is 1. The fourth-order valence-corrected chi connectivity index (χ4v) is 3.30. The Kier molecular flexibility index (Phi) is 4.71. The molecule has 1 aliphatic rings. The first-order chi connectivity index (χ1) is 11.1. The summed E-state index contributed by atoms with van der Waals surface area (Å²) in [6.07, 6.45) is 9.35. The number of imidazole rings is 1. The molecule has 2 aromatic rings. The molecule has 0 saturated heterocycles. The van der Waals surface area contributed by atoms with E-state index in [1.165, 1.54) is 0 Å². The topological polar surface area (TPSA) is 80.0 Å². The van der Waals surface area contributed by atoms with E-state index in [0.29, 0.717) is 0 Å². The highest BCUT2D eigenvalue weighted by atomic mass is 16.3. The van der Waals surface area contributed by atoms with Crippen LogP contribution in [0, 0.1) is 6.92 Å². The summed E-state index contributed by atoms with van der Waals surface area (Å²) < 4.78 is 2.00. The third-order valence-electron chi connectivity index (χ3n) is 4.47. The zero-order chi connectivity index (χ0) is 16.2. The number of amides is 1. The molecule has 2 N–H and O–H groups in total. The molecule has 0 unspecified atom stereocenters. The van der Waals surface area contributed by atoms with Crippen LogP contribution in [-0.4, -0.2) is 37.7 Å². The van der Waals surface area contributed by atoms with Crippen LogP contribution in [0.2, 0.25) is 0 Å². The van der Waals surface area contributed by atoms with Gasteiger partial charge in [0.2, 0.25) is 5.91 Å². The molecule has 6 heteroatoms. The predicted octanol–water partition coefficient (Wildman–Crippen LogP) is 1.40. The summed E-state index contributed by atoms with van der Waals surface area (Å²) >= 11 is 0. The second kappa shape index (κ2) is 6.91. The van der Waals surface area contributed by atoms with Gasteiger partial charge in [0.15, 0.2) is 0 Å². The van der Waals surface area contributed by atoms with Gasteiger partial charge in [-0.15, -0.1) is 0 Å². The summed E-state index contributed by atoms with van der Waals surface area (Å²) in [5.74, 6) is 0.807. The molecule has 122 valence electrons. The highest BCUT2D eigenvalue weighted by Crippen LogP contribution is 2.29. The molecule has 3 rings (SSSR count). The number of nitrogens with zero attached hydrogens (tertiary/aromatic N) is 3. The number of carbonyl (C=O) groups is 1. The van der Waals surface area contributed by atoms with E-state index in [9.17, 15) is 9.90 Å². The minimum absolute atomic E-state index is 0.0325. The molecule has 0 aromatic carbocycles. The number of rotatable bonds is 4. The second-order valence-electron chi connectivity index (χ2n) is 6.08. The van der Waals surface area contributed by atoms with Crippen LogP contribution in [0.4, 0.5) is 0 Å². The Balaban J connectivity index is 1.63. The van der Waals surface area contributed by atoms with Crippen LogP contribution in [0.5, 0.6) is 0 Å². The first-order valence-electron chi connectivity index (χ1n) is 8.01. The Hall–Kier alpha value is -2.21. The average molecular weight is 314 g/mol. The van der Waals surface area contributed by atoms with Crippen molar-refractivity contribution in [3.63, 3.8) is 0 Å². The van der Waals surface area contributed by atoms with Crippen molar-refractivity contribution >= 4 is 5.91 Å². The van der Waals surface area contributed by atoms with Gasteiger partial charge >= 0.3 is 0 Å². The van der Waals surface area contributed by atoms with Crippen molar-refractivity contribution in [1.29, 1.82) is 0 Å².